The number of ether oxygens (including phenoxy) is 3. The van der Waals surface area contributed by atoms with E-state index in [0.717, 1.165) is 47.1 Å². The summed E-state index contributed by atoms with van der Waals surface area (Å²) in [6.45, 7) is 2.55. The Morgan fingerprint density at radius 2 is 1.72 bits per heavy atom. The van der Waals surface area contributed by atoms with Gasteiger partial charge in [-0.3, -0.25) is 19.4 Å². The number of carbonyl (C=O) groups is 2. The van der Waals surface area contributed by atoms with Crippen LogP contribution in [0.5, 0.6) is 17.2 Å². The Balaban J connectivity index is 1.49. The summed E-state index contributed by atoms with van der Waals surface area (Å²) in [6, 6.07) is 10.6. The fourth-order valence-corrected chi connectivity index (χ4v) is 5.45. The van der Waals surface area contributed by atoms with E-state index >= 15 is 0 Å². The molecule has 1 atom stereocenters. The second-order valence-corrected chi connectivity index (χ2v) is 10.5. The van der Waals surface area contributed by atoms with Crippen molar-refractivity contribution in [2.75, 3.05) is 33.2 Å². The molecule has 4 rings (SSSR count). The molecule has 0 bridgehead atoms. The first-order valence-corrected chi connectivity index (χ1v) is 14.5. The van der Waals surface area contributed by atoms with Crippen LogP contribution in [0, 0.1) is 0 Å². The van der Waals surface area contributed by atoms with Crippen LogP contribution in [0.2, 0.25) is 0 Å². The Morgan fingerprint density at radius 3 is 2.42 bits per heavy atom. The zero-order chi connectivity index (χ0) is 30.8. The Bertz CT molecular complexity index is 1500. The van der Waals surface area contributed by atoms with Crippen LogP contribution in [0.1, 0.15) is 61.8 Å². The van der Waals surface area contributed by atoms with E-state index in [1.165, 1.54) is 6.92 Å². The van der Waals surface area contributed by atoms with Gasteiger partial charge in [0.25, 0.3) is 0 Å². The molecule has 1 aliphatic carbocycles. The van der Waals surface area contributed by atoms with Crippen LogP contribution in [-0.2, 0) is 22.6 Å². The second kappa shape index (κ2) is 15.0. The number of carbonyl (C=O) groups excluding carboxylic acids is 2. The van der Waals surface area contributed by atoms with Gasteiger partial charge >= 0.3 is 0 Å². The van der Waals surface area contributed by atoms with Crippen LogP contribution < -0.4 is 35.6 Å². The Labute approximate surface area is 252 Å². The Morgan fingerprint density at radius 1 is 0.953 bits per heavy atom. The highest BCUT2D eigenvalue weighted by Gasteiger charge is 2.29. The topological polar surface area (TPSA) is 128 Å². The van der Waals surface area contributed by atoms with Gasteiger partial charge in [-0.05, 0) is 78.3 Å². The largest absolute Gasteiger partial charge is 0.493 e. The number of nitrogens with zero attached hydrogens (tertiary/aromatic N) is 1. The van der Waals surface area contributed by atoms with Crippen LogP contribution in [-0.4, -0.2) is 44.7 Å². The molecule has 0 radical (unpaired) electrons. The van der Waals surface area contributed by atoms with Crippen molar-refractivity contribution in [3.05, 3.63) is 75.7 Å². The van der Waals surface area contributed by atoms with Gasteiger partial charge in [0.05, 0.1) is 33.1 Å². The molecule has 228 valence electrons. The molecule has 3 aromatic rings. The molecule has 10 heteroatoms. The first-order chi connectivity index (χ1) is 20.9. The van der Waals surface area contributed by atoms with Crippen molar-refractivity contribution in [1.29, 1.82) is 0 Å². The number of amides is 2. The van der Waals surface area contributed by atoms with Crippen LogP contribution in [0.15, 0.2) is 53.6 Å². The van der Waals surface area contributed by atoms with Crippen LogP contribution >= 0.6 is 0 Å². The van der Waals surface area contributed by atoms with E-state index in [1.807, 2.05) is 24.3 Å². The maximum Gasteiger partial charge on any atom is 0.220 e. The monoisotopic (exact) mass is 588 g/mol. The minimum absolute atomic E-state index is 0.0156. The van der Waals surface area contributed by atoms with Gasteiger partial charge in [0, 0.05) is 44.4 Å². The van der Waals surface area contributed by atoms with Crippen molar-refractivity contribution in [2.45, 2.75) is 58.0 Å². The van der Waals surface area contributed by atoms with E-state index in [2.05, 4.69) is 20.9 Å². The van der Waals surface area contributed by atoms with Gasteiger partial charge in [-0.25, -0.2) is 0 Å². The lowest BCUT2D eigenvalue weighted by Gasteiger charge is -2.19. The zero-order valence-corrected chi connectivity index (χ0v) is 25.2. The van der Waals surface area contributed by atoms with E-state index in [0.29, 0.717) is 55.3 Å². The summed E-state index contributed by atoms with van der Waals surface area (Å²) in [5.41, 5.74) is 4.59. The normalized spacial score (nSPS) is 13.5. The third-order valence-electron chi connectivity index (χ3n) is 7.55. The maximum atomic E-state index is 13.4. The molecule has 1 aliphatic rings. The lowest BCUT2D eigenvalue weighted by Crippen LogP contribution is -2.26. The highest BCUT2D eigenvalue weighted by atomic mass is 16.5. The minimum atomic E-state index is -0.362. The van der Waals surface area contributed by atoms with Crippen LogP contribution in [0.25, 0.3) is 11.1 Å². The number of aromatic nitrogens is 1. The number of methoxy groups -OCH3 is 3. The highest BCUT2D eigenvalue weighted by molar-refractivity contribution is 5.83. The van der Waals surface area contributed by atoms with Crippen LogP contribution in [0.3, 0.4) is 0 Å². The van der Waals surface area contributed by atoms with Gasteiger partial charge in [-0.2, -0.15) is 0 Å². The minimum Gasteiger partial charge on any atom is -0.493 e. The average molecular weight is 589 g/mol. The fraction of sp³-hybridized carbons (Fsp3) is 0.394. The molecular weight excluding hydrogens is 548 g/mol. The molecule has 3 N–H and O–H groups in total. The van der Waals surface area contributed by atoms with Gasteiger partial charge < -0.3 is 30.2 Å². The van der Waals surface area contributed by atoms with Crippen molar-refractivity contribution in [1.82, 2.24) is 15.6 Å². The molecule has 43 heavy (non-hydrogen) atoms. The number of hydrogen-bond donors (Lipinski definition) is 3. The fourth-order valence-electron chi connectivity index (χ4n) is 5.45. The summed E-state index contributed by atoms with van der Waals surface area (Å²) in [5, 5.41) is 9.23. The van der Waals surface area contributed by atoms with Gasteiger partial charge in [-0.15, -0.1) is 0 Å². The number of aryl methyl sites for hydroxylation is 1. The smallest absolute Gasteiger partial charge is 0.220 e. The number of pyridine rings is 1. The summed E-state index contributed by atoms with van der Waals surface area (Å²) in [5.74, 6) is 1.37. The van der Waals surface area contributed by atoms with E-state index < -0.39 is 0 Å². The number of anilines is 1. The molecule has 10 nitrogen and oxygen atoms in total. The predicted octanol–water partition coefficient (Wildman–Crippen LogP) is 4.55. The zero-order valence-electron chi connectivity index (χ0n) is 25.2. The second-order valence-electron chi connectivity index (χ2n) is 10.5. The third-order valence-corrected chi connectivity index (χ3v) is 7.55. The first-order valence-electron chi connectivity index (χ1n) is 14.5. The number of nitrogens with one attached hydrogen (secondary N) is 3. The van der Waals surface area contributed by atoms with Crippen molar-refractivity contribution in [3.63, 3.8) is 0 Å². The number of benzene rings is 1. The van der Waals surface area contributed by atoms with Gasteiger partial charge in [0.1, 0.15) is 0 Å². The van der Waals surface area contributed by atoms with Crippen LogP contribution in [0.4, 0.5) is 5.69 Å². The Hall–Kier alpha value is -4.60. The summed E-state index contributed by atoms with van der Waals surface area (Å²) in [4.78, 5) is 41.7. The van der Waals surface area contributed by atoms with E-state index in [-0.39, 0.29) is 23.3 Å². The lowest BCUT2D eigenvalue weighted by atomic mass is 9.95. The lowest BCUT2D eigenvalue weighted by molar-refractivity contribution is -0.121. The van der Waals surface area contributed by atoms with Crippen molar-refractivity contribution in [2.24, 2.45) is 0 Å². The summed E-state index contributed by atoms with van der Waals surface area (Å²) in [7, 11) is 4.71. The van der Waals surface area contributed by atoms with Crippen molar-refractivity contribution < 1.29 is 23.8 Å². The average Bonchev–Trinajstić information content (AvgIpc) is 3.25. The van der Waals surface area contributed by atoms with Gasteiger partial charge in [-0.1, -0.05) is 12.5 Å². The standard InChI is InChI=1S/C33H40N4O6/c1-21(38)37-26-11-9-23-18-29(41-2)32(42-3)33(43-4)31(23)24-10-12-27(28(39)19-25(24)26)35-15-7-5-6-8-30(40)36-20-22-13-16-34-17-14-22/h10,12-14,16-19,26H,5-9,11,15,20H2,1-4H3,(H,35,39)(H,36,40)(H,37,38). The molecule has 0 aliphatic heterocycles. The molecule has 1 unspecified atom stereocenters. The molecule has 0 fully saturated rings. The highest BCUT2D eigenvalue weighted by Crippen LogP contribution is 2.50. The quantitative estimate of drug-likeness (QED) is 0.248. The molecule has 1 aromatic heterocycles. The Kier molecular flexibility index (Phi) is 11.0. The molecule has 0 spiro atoms. The number of hydrogen-bond acceptors (Lipinski definition) is 8. The van der Waals surface area contributed by atoms with Crippen molar-refractivity contribution in [3.8, 4) is 28.4 Å². The third kappa shape index (κ3) is 7.82. The number of rotatable bonds is 13. The van der Waals surface area contributed by atoms with E-state index in [9.17, 15) is 14.4 Å². The summed E-state index contributed by atoms with van der Waals surface area (Å²) >= 11 is 0. The predicted molar refractivity (Wildman–Crippen MR) is 166 cm³/mol. The molecule has 1 heterocycles. The molecule has 0 saturated carbocycles. The number of fused-ring (bicyclic) bond motifs is 3. The first kappa shape index (κ1) is 31.3. The summed E-state index contributed by atoms with van der Waals surface area (Å²) < 4.78 is 17.1. The maximum absolute atomic E-state index is 13.4. The summed E-state index contributed by atoms with van der Waals surface area (Å²) in [6.07, 6.45) is 7.49. The molecule has 0 saturated heterocycles. The van der Waals surface area contributed by atoms with E-state index in [1.54, 1.807) is 45.9 Å². The van der Waals surface area contributed by atoms with E-state index in [4.69, 9.17) is 14.2 Å². The number of unbranched alkanes of at least 4 members (excludes halogenated alkanes) is 2. The van der Waals surface area contributed by atoms with Gasteiger partial charge in [0.2, 0.25) is 23.0 Å². The molecule has 2 amide bonds. The molecule has 2 aromatic carbocycles. The molecular formula is C33H40N4O6. The van der Waals surface area contributed by atoms with Gasteiger partial charge in [0.15, 0.2) is 11.5 Å². The van der Waals surface area contributed by atoms with Crippen molar-refractivity contribution >= 4 is 17.5 Å². The SMILES string of the molecule is COc1cc2c(c(OC)c1OC)-c1ccc(NCCCCCC(=O)NCc3ccncc3)c(=O)cc1C(NC(C)=O)CC2.